The number of hydrogen-bond donors (Lipinski definition) is 1. The highest BCUT2D eigenvalue weighted by molar-refractivity contribution is 9.10. The van der Waals surface area contributed by atoms with Crippen molar-refractivity contribution in [2.24, 2.45) is 0 Å². The predicted octanol–water partition coefficient (Wildman–Crippen LogP) is 6.51. The number of carbonyl (C=O) groups is 1. The van der Waals surface area contributed by atoms with Crippen LogP contribution >= 0.6 is 15.9 Å². The maximum Gasteiger partial charge on any atom is 0.416 e. The normalized spacial score (nSPS) is 11.9. The van der Waals surface area contributed by atoms with Crippen LogP contribution in [-0.2, 0) is 28.3 Å². The second-order valence-corrected chi connectivity index (χ2v) is 7.90. The molecule has 1 N–H and O–H groups in total. The van der Waals surface area contributed by atoms with Crippen molar-refractivity contribution in [1.29, 1.82) is 0 Å². The zero-order valence-corrected chi connectivity index (χ0v) is 19.6. The molecule has 2 rings (SSSR count). The molecule has 0 bridgehead atoms. The number of ether oxygens (including phenoxy) is 2. The maximum absolute atomic E-state index is 12.9. The Morgan fingerprint density at radius 1 is 1.00 bits per heavy atom. The minimum absolute atomic E-state index is 0.0461. The van der Waals surface area contributed by atoms with Gasteiger partial charge in [-0.25, -0.2) is 0 Å². The van der Waals surface area contributed by atoms with E-state index in [1.54, 1.807) is 12.1 Å². The van der Waals surface area contributed by atoms with E-state index in [0.29, 0.717) is 35.4 Å². The number of aliphatic carboxylic acids is 1. The highest BCUT2D eigenvalue weighted by Gasteiger charge is 2.36. The minimum Gasteiger partial charge on any atom is -0.488 e. The number of carboxylic acid groups (broad SMARTS) is 1. The van der Waals surface area contributed by atoms with Gasteiger partial charge >= 0.3 is 18.3 Å². The van der Waals surface area contributed by atoms with Gasteiger partial charge in [0, 0.05) is 5.56 Å². The molecule has 0 aromatic heterocycles. The first-order chi connectivity index (χ1) is 16.4. The van der Waals surface area contributed by atoms with E-state index >= 15 is 0 Å². The van der Waals surface area contributed by atoms with Gasteiger partial charge in [-0.15, -0.1) is 0 Å². The summed E-state index contributed by atoms with van der Waals surface area (Å²) in [5.41, 5.74) is -2.34. The second kappa shape index (κ2) is 12.7. The van der Waals surface area contributed by atoms with Gasteiger partial charge in [0.15, 0.2) is 0 Å². The van der Waals surface area contributed by atoms with Gasteiger partial charge < -0.3 is 14.6 Å². The molecule has 0 radical (unpaired) electrons. The first kappa shape index (κ1) is 28.3. The molecular formula is C24H19BrF6O4. The van der Waals surface area contributed by atoms with Gasteiger partial charge in [-0.1, -0.05) is 17.9 Å². The van der Waals surface area contributed by atoms with Crippen molar-refractivity contribution in [3.8, 4) is 17.6 Å². The molecule has 0 atom stereocenters. The highest BCUT2D eigenvalue weighted by Crippen LogP contribution is 2.36. The van der Waals surface area contributed by atoms with Gasteiger partial charge in [0.25, 0.3) is 0 Å². The fourth-order valence-corrected chi connectivity index (χ4v) is 3.21. The lowest BCUT2D eigenvalue weighted by molar-refractivity contribution is -0.143. The molecule has 4 nitrogen and oxygen atoms in total. The Morgan fingerprint density at radius 3 is 2.23 bits per heavy atom. The first-order valence-electron chi connectivity index (χ1n) is 10.0. The Morgan fingerprint density at radius 2 is 1.66 bits per heavy atom. The van der Waals surface area contributed by atoms with Crippen LogP contribution < -0.4 is 4.74 Å². The highest BCUT2D eigenvalue weighted by atomic mass is 79.9. The molecule has 0 heterocycles. The Balaban J connectivity index is 1.93. The number of rotatable bonds is 9. The van der Waals surface area contributed by atoms with Crippen LogP contribution in [-0.4, -0.2) is 30.9 Å². The van der Waals surface area contributed by atoms with E-state index in [9.17, 15) is 31.1 Å². The molecule has 0 aliphatic carbocycles. The number of hydrogen-bond acceptors (Lipinski definition) is 3. The van der Waals surface area contributed by atoms with Crippen molar-refractivity contribution in [2.75, 3.05) is 19.8 Å². The first-order valence-corrected chi connectivity index (χ1v) is 10.8. The summed E-state index contributed by atoms with van der Waals surface area (Å²) in [7, 11) is 0. The standard InChI is InChI=1S/C24H19BrF6O4/c25-20-14-16(7-10-34-11-8-22(32)33)5-6-21(20)35-9-3-1-2-4-17-12-18(23(26,27)28)15-19(13-17)24(29,30)31/h1,3,5-6,12-15H,7-11H2,(H,32,33)/b3-1-. The van der Waals surface area contributed by atoms with E-state index in [1.165, 1.54) is 12.2 Å². The number of carboxylic acids is 1. The van der Waals surface area contributed by atoms with E-state index in [-0.39, 0.29) is 25.7 Å². The van der Waals surface area contributed by atoms with Crippen molar-refractivity contribution >= 4 is 21.9 Å². The SMILES string of the molecule is O=C(O)CCOCCc1ccc(OC/C=C\C#Cc2cc(C(F)(F)F)cc(C(F)(F)F)c2)c(Br)c1. The average Bonchev–Trinajstić information content (AvgIpc) is 2.75. The quantitative estimate of drug-likeness (QED) is 0.214. The molecule has 0 aliphatic heterocycles. The van der Waals surface area contributed by atoms with Crippen molar-refractivity contribution in [3.63, 3.8) is 0 Å². The summed E-state index contributed by atoms with van der Waals surface area (Å²) in [6.45, 7) is 0.545. The van der Waals surface area contributed by atoms with Crippen LogP contribution in [0.25, 0.3) is 0 Å². The van der Waals surface area contributed by atoms with E-state index in [1.807, 2.05) is 6.07 Å². The molecule has 0 amide bonds. The molecule has 0 aliphatic rings. The van der Waals surface area contributed by atoms with Crippen LogP contribution in [0.5, 0.6) is 5.75 Å². The van der Waals surface area contributed by atoms with Gasteiger partial charge in [-0.3, -0.25) is 4.79 Å². The minimum atomic E-state index is -4.93. The van der Waals surface area contributed by atoms with Gasteiger partial charge in [0.1, 0.15) is 12.4 Å². The lowest BCUT2D eigenvalue weighted by atomic mass is 10.0. The number of allylic oxidation sites excluding steroid dienone is 1. The summed E-state index contributed by atoms with van der Waals surface area (Å²) in [4.78, 5) is 10.4. The smallest absolute Gasteiger partial charge is 0.416 e. The molecule has 0 unspecified atom stereocenters. The zero-order valence-electron chi connectivity index (χ0n) is 18.0. The fourth-order valence-electron chi connectivity index (χ4n) is 2.67. The Bertz CT molecular complexity index is 1080. The molecule has 0 saturated heterocycles. The van der Waals surface area contributed by atoms with Crippen LogP contribution in [0.1, 0.15) is 28.7 Å². The van der Waals surface area contributed by atoms with Gasteiger partial charge in [0.2, 0.25) is 0 Å². The molecule has 2 aromatic carbocycles. The third-order valence-corrected chi connectivity index (χ3v) is 4.95. The summed E-state index contributed by atoms with van der Waals surface area (Å²) < 4.78 is 88.8. The van der Waals surface area contributed by atoms with Crippen molar-refractivity contribution < 1.29 is 45.7 Å². The molecule has 11 heteroatoms. The van der Waals surface area contributed by atoms with Crippen LogP contribution in [0.15, 0.2) is 53.0 Å². The van der Waals surface area contributed by atoms with Crippen LogP contribution in [0.4, 0.5) is 26.3 Å². The Labute approximate surface area is 205 Å². The number of alkyl halides is 6. The van der Waals surface area contributed by atoms with Crippen molar-refractivity contribution in [3.05, 3.63) is 75.3 Å². The van der Waals surface area contributed by atoms with Crippen LogP contribution in [0, 0.1) is 11.8 Å². The topological polar surface area (TPSA) is 55.8 Å². The Kier molecular flexibility index (Phi) is 10.2. The van der Waals surface area contributed by atoms with E-state index in [2.05, 4.69) is 27.8 Å². The lowest BCUT2D eigenvalue weighted by Crippen LogP contribution is -2.11. The molecule has 2 aromatic rings. The van der Waals surface area contributed by atoms with Gasteiger partial charge in [-0.05, 0) is 70.4 Å². The third-order valence-electron chi connectivity index (χ3n) is 4.33. The zero-order chi connectivity index (χ0) is 26.1. The van der Waals surface area contributed by atoms with Crippen molar-refractivity contribution in [1.82, 2.24) is 0 Å². The summed E-state index contributed by atoms with van der Waals surface area (Å²) in [6, 6.07) is 6.48. The fraction of sp³-hybridized carbons (Fsp3) is 0.292. The molecule has 0 fully saturated rings. The van der Waals surface area contributed by atoms with Gasteiger partial charge in [0.05, 0.1) is 35.2 Å². The Hall–Kier alpha value is -2.97. The van der Waals surface area contributed by atoms with E-state index in [0.717, 1.165) is 5.56 Å². The van der Waals surface area contributed by atoms with E-state index < -0.39 is 35.0 Å². The predicted molar refractivity (Wildman–Crippen MR) is 119 cm³/mol. The summed E-state index contributed by atoms with van der Waals surface area (Å²) in [6.07, 6.45) is -6.63. The molecule has 0 spiro atoms. The van der Waals surface area contributed by atoms with Crippen LogP contribution in [0.2, 0.25) is 0 Å². The summed E-state index contributed by atoms with van der Waals surface area (Å²) >= 11 is 3.37. The van der Waals surface area contributed by atoms with Crippen LogP contribution in [0.3, 0.4) is 0 Å². The monoisotopic (exact) mass is 564 g/mol. The van der Waals surface area contributed by atoms with E-state index in [4.69, 9.17) is 14.6 Å². The van der Waals surface area contributed by atoms with Crippen molar-refractivity contribution in [2.45, 2.75) is 25.2 Å². The maximum atomic E-state index is 12.9. The molecular weight excluding hydrogens is 546 g/mol. The second-order valence-electron chi connectivity index (χ2n) is 7.05. The molecule has 35 heavy (non-hydrogen) atoms. The molecule has 0 saturated carbocycles. The summed E-state index contributed by atoms with van der Waals surface area (Å²) in [5.74, 6) is 4.25. The third kappa shape index (κ3) is 10.0. The number of benzene rings is 2. The largest absolute Gasteiger partial charge is 0.488 e. The average molecular weight is 565 g/mol. The number of halogens is 7. The van der Waals surface area contributed by atoms with Gasteiger partial charge in [-0.2, -0.15) is 26.3 Å². The molecule has 188 valence electrons. The summed E-state index contributed by atoms with van der Waals surface area (Å²) in [5, 5.41) is 8.55. The lowest BCUT2D eigenvalue weighted by Gasteiger charge is -2.12.